The van der Waals surface area contributed by atoms with Crippen LogP contribution in [0, 0.1) is 6.92 Å². The van der Waals surface area contributed by atoms with Gasteiger partial charge in [0.25, 0.3) is 5.91 Å². The molecule has 2 rings (SSSR count). The Bertz CT molecular complexity index is 691. The first-order chi connectivity index (χ1) is 12.0. The summed E-state index contributed by atoms with van der Waals surface area (Å²) in [5, 5.41) is 3.52. The number of ether oxygens (including phenoxy) is 1. The molecule has 1 N–H and O–H groups in total. The maximum atomic E-state index is 12.4. The van der Waals surface area contributed by atoms with Gasteiger partial charge >= 0.3 is 0 Å². The second-order valence-electron chi connectivity index (χ2n) is 6.00. The average molecular weight is 380 g/mol. The minimum atomic E-state index is -0.262. The minimum absolute atomic E-state index is 0.262. The number of nitrogens with one attached hydrogen (secondary N) is 1. The molecule has 1 amide bonds. The number of aryl methyl sites for hydroxylation is 1. The maximum Gasteiger partial charge on any atom is 0.255 e. The van der Waals surface area contributed by atoms with E-state index >= 15 is 0 Å². The van der Waals surface area contributed by atoms with Crippen molar-refractivity contribution in [2.45, 2.75) is 39.5 Å². The van der Waals surface area contributed by atoms with Crippen molar-refractivity contribution in [1.82, 2.24) is 0 Å². The third-order valence-electron chi connectivity index (χ3n) is 3.81. The van der Waals surface area contributed by atoms with Crippen molar-refractivity contribution in [2.75, 3.05) is 11.9 Å². The molecule has 25 heavy (non-hydrogen) atoms. The molecule has 3 nitrogen and oxygen atoms in total. The number of rotatable bonds is 8. The number of hydrogen-bond acceptors (Lipinski definition) is 2. The number of halogens is 2. The van der Waals surface area contributed by atoms with Crippen molar-refractivity contribution in [3.05, 3.63) is 57.6 Å². The van der Waals surface area contributed by atoms with E-state index in [1.165, 1.54) is 12.8 Å². The molecule has 0 radical (unpaired) electrons. The number of unbranched alkanes of at least 4 members (excludes halogenated alkanes) is 3. The number of anilines is 1. The molecule has 0 spiro atoms. The van der Waals surface area contributed by atoms with Crippen molar-refractivity contribution in [3.8, 4) is 5.75 Å². The summed E-state index contributed by atoms with van der Waals surface area (Å²) in [5.74, 6) is 0.175. The summed E-state index contributed by atoms with van der Waals surface area (Å²) < 4.78 is 5.68. The molecule has 5 heteroatoms. The molecule has 0 saturated carbocycles. The van der Waals surface area contributed by atoms with E-state index in [1.807, 2.05) is 31.2 Å². The van der Waals surface area contributed by atoms with Crippen LogP contribution < -0.4 is 10.1 Å². The highest BCUT2D eigenvalue weighted by Crippen LogP contribution is 2.34. The fourth-order valence-corrected chi connectivity index (χ4v) is 2.97. The molecule has 0 aromatic heterocycles. The van der Waals surface area contributed by atoms with Gasteiger partial charge < -0.3 is 10.1 Å². The SMILES string of the molecule is CCCCCCOc1c(Cl)cc(C(=O)Nc2ccc(C)cc2)cc1Cl. The minimum Gasteiger partial charge on any atom is -0.490 e. The summed E-state index contributed by atoms with van der Waals surface area (Å²) in [5.41, 5.74) is 2.25. The number of amides is 1. The Kier molecular flexibility index (Phi) is 7.60. The molecule has 0 unspecified atom stereocenters. The number of hydrogen-bond donors (Lipinski definition) is 1. The molecule has 134 valence electrons. The van der Waals surface area contributed by atoms with Gasteiger partial charge in [-0.3, -0.25) is 4.79 Å². The molecule has 0 aliphatic rings. The molecule has 0 saturated heterocycles. The van der Waals surface area contributed by atoms with Crippen molar-refractivity contribution < 1.29 is 9.53 Å². The predicted octanol–water partition coefficient (Wildman–Crippen LogP) is 6.51. The average Bonchev–Trinajstić information content (AvgIpc) is 2.58. The van der Waals surface area contributed by atoms with Gasteiger partial charge in [0, 0.05) is 11.3 Å². The first-order valence-electron chi connectivity index (χ1n) is 8.51. The molecule has 0 bridgehead atoms. The Hall–Kier alpha value is -1.71. The summed E-state index contributed by atoms with van der Waals surface area (Å²) in [4.78, 5) is 12.4. The highest BCUT2D eigenvalue weighted by molar-refractivity contribution is 6.37. The summed E-state index contributed by atoms with van der Waals surface area (Å²) in [6.45, 7) is 4.72. The van der Waals surface area contributed by atoms with E-state index in [1.54, 1.807) is 12.1 Å². The molecule has 2 aromatic carbocycles. The van der Waals surface area contributed by atoms with Crippen molar-refractivity contribution >= 4 is 34.8 Å². The molecule has 0 fully saturated rings. The summed E-state index contributed by atoms with van der Waals surface area (Å²) in [6.07, 6.45) is 4.42. The highest BCUT2D eigenvalue weighted by Gasteiger charge is 2.14. The van der Waals surface area contributed by atoms with Crippen LogP contribution in [-0.4, -0.2) is 12.5 Å². The molecule has 0 heterocycles. The second kappa shape index (κ2) is 9.69. The Labute approximate surface area is 159 Å². The standard InChI is InChI=1S/C20H23Cl2NO2/c1-3-4-5-6-11-25-19-17(21)12-15(13-18(19)22)20(24)23-16-9-7-14(2)8-10-16/h7-10,12-13H,3-6,11H2,1-2H3,(H,23,24). The topological polar surface area (TPSA) is 38.3 Å². The van der Waals surface area contributed by atoms with E-state index in [0.29, 0.717) is 28.0 Å². The normalized spacial score (nSPS) is 10.6. The molecular weight excluding hydrogens is 357 g/mol. The smallest absolute Gasteiger partial charge is 0.255 e. The maximum absolute atomic E-state index is 12.4. The Balaban J connectivity index is 2.02. The predicted molar refractivity (Wildman–Crippen MR) is 105 cm³/mol. The van der Waals surface area contributed by atoms with Crippen LogP contribution in [0.5, 0.6) is 5.75 Å². The van der Waals surface area contributed by atoms with Crippen molar-refractivity contribution in [1.29, 1.82) is 0 Å². The Morgan fingerprint density at radius 1 is 1.04 bits per heavy atom. The first kappa shape index (κ1) is 19.6. The van der Waals surface area contributed by atoms with Gasteiger partial charge in [0.05, 0.1) is 16.7 Å². The van der Waals surface area contributed by atoms with Crippen LogP contribution in [0.1, 0.15) is 48.5 Å². The van der Waals surface area contributed by atoms with Gasteiger partial charge in [-0.05, 0) is 37.6 Å². The first-order valence-corrected chi connectivity index (χ1v) is 9.26. The zero-order valence-corrected chi connectivity index (χ0v) is 16.1. The van der Waals surface area contributed by atoms with E-state index in [4.69, 9.17) is 27.9 Å². The van der Waals surface area contributed by atoms with Gasteiger partial charge in [0.1, 0.15) is 0 Å². The second-order valence-corrected chi connectivity index (χ2v) is 6.81. The Morgan fingerprint density at radius 3 is 2.28 bits per heavy atom. The van der Waals surface area contributed by atoms with Gasteiger partial charge in [0.2, 0.25) is 0 Å². The van der Waals surface area contributed by atoms with Crippen LogP contribution in [0.25, 0.3) is 0 Å². The summed E-state index contributed by atoms with van der Waals surface area (Å²) in [6, 6.07) is 10.7. The lowest BCUT2D eigenvalue weighted by Gasteiger charge is -2.12. The van der Waals surface area contributed by atoms with Crippen LogP contribution in [0.2, 0.25) is 10.0 Å². The lowest BCUT2D eigenvalue weighted by atomic mass is 10.2. The highest BCUT2D eigenvalue weighted by atomic mass is 35.5. The van der Waals surface area contributed by atoms with Crippen LogP contribution in [0.3, 0.4) is 0 Å². The summed E-state index contributed by atoms with van der Waals surface area (Å²) >= 11 is 12.5. The zero-order chi connectivity index (χ0) is 18.2. The Morgan fingerprint density at radius 2 is 1.68 bits per heavy atom. The van der Waals surface area contributed by atoms with Gasteiger partial charge in [-0.25, -0.2) is 0 Å². The largest absolute Gasteiger partial charge is 0.490 e. The van der Waals surface area contributed by atoms with Crippen LogP contribution in [-0.2, 0) is 0 Å². The van der Waals surface area contributed by atoms with Gasteiger partial charge in [-0.2, -0.15) is 0 Å². The monoisotopic (exact) mass is 379 g/mol. The van der Waals surface area contributed by atoms with E-state index in [0.717, 1.165) is 24.1 Å². The summed E-state index contributed by atoms with van der Waals surface area (Å²) in [7, 11) is 0. The van der Waals surface area contributed by atoms with Crippen LogP contribution >= 0.6 is 23.2 Å². The molecular formula is C20H23Cl2NO2. The van der Waals surface area contributed by atoms with Crippen molar-refractivity contribution in [3.63, 3.8) is 0 Å². The third kappa shape index (κ3) is 5.94. The number of benzene rings is 2. The van der Waals surface area contributed by atoms with Crippen LogP contribution in [0.15, 0.2) is 36.4 Å². The number of carbonyl (C=O) groups is 1. The third-order valence-corrected chi connectivity index (χ3v) is 4.38. The van der Waals surface area contributed by atoms with Crippen LogP contribution in [0.4, 0.5) is 5.69 Å². The molecule has 0 atom stereocenters. The van der Waals surface area contributed by atoms with Crippen molar-refractivity contribution in [2.24, 2.45) is 0 Å². The lowest BCUT2D eigenvalue weighted by Crippen LogP contribution is -2.12. The number of carbonyl (C=O) groups excluding carboxylic acids is 1. The van der Waals surface area contributed by atoms with E-state index in [-0.39, 0.29) is 5.91 Å². The van der Waals surface area contributed by atoms with Gasteiger partial charge in [-0.15, -0.1) is 0 Å². The molecule has 2 aromatic rings. The fraction of sp³-hybridized carbons (Fsp3) is 0.350. The van der Waals surface area contributed by atoms with E-state index in [2.05, 4.69) is 12.2 Å². The lowest BCUT2D eigenvalue weighted by molar-refractivity contribution is 0.102. The fourth-order valence-electron chi connectivity index (χ4n) is 2.37. The molecule has 0 aliphatic heterocycles. The quantitative estimate of drug-likeness (QED) is 0.530. The zero-order valence-electron chi connectivity index (χ0n) is 14.6. The van der Waals surface area contributed by atoms with Gasteiger partial charge in [0.15, 0.2) is 5.75 Å². The molecule has 0 aliphatic carbocycles. The van der Waals surface area contributed by atoms with E-state index in [9.17, 15) is 4.79 Å². The van der Waals surface area contributed by atoms with E-state index < -0.39 is 0 Å². The van der Waals surface area contributed by atoms with Gasteiger partial charge in [-0.1, -0.05) is 67.1 Å².